The van der Waals surface area contributed by atoms with Gasteiger partial charge in [0.2, 0.25) is 0 Å². The predicted molar refractivity (Wildman–Crippen MR) is 63.7 cm³/mol. The summed E-state index contributed by atoms with van der Waals surface area (Å²) < 4.78 is 15.5. The Morgan fingerprint density at radius 1 is 1.33 bits per heavy atom. The third kappa shape index (κ3) is 2.68. The first-order chi connectivity index (χ1) is 8.70. The van der Waals surface area contributed by atoms with Gasteiger partial charge < -0.3 is 13.9 Å². The van der Waals surface area contributed by atoms with E-state index in [0.29, 0.717) is 18.1 Å². The molecule has 0 aliphatic carbocycles. The third-order valence-corrected chi connectivity index (χ3v) is 2.19. The molecule has 0 spiro atoms. The van der Waals surface area contributed by atoms with Crippen LogP contribution in [0.5, 0.6) is 11.8 Å². The minimum absolute atomic E-state index is 0.0294. The van der Waals surface area contributed by atoms with Gasteiger partial charge in [-0.15, -0.1) is 0 Å². The van der Waals surface area contributed by atoms with Crippen molar-refractivity contribution in [2.45, 2.75) is 13.8 Å². The van der Waals surface area contributed by atoms with Gasteiger partial charge >= 0.3 is 12.0 Å². The number of carbonyl (C=O) groups excluding carboxylic acids is 1. The van der Waals surface area contributed by atoms with Gasteiger partial charge in [-0.05, 0) is 26.0 Å². The smallest absolute Gasteiger partial charge is 0.400 e. The van der Waals surface area contributed by atoms with E-state index in [4.69, 9.17) is 13.9 Å². The fourth-order valence-electron chi connectivity index (χ4n) is 1.39. The highest BCUT2D eigenvalue weighted by Crippen LogP contribution is 2.23. The van der Waals surface area contributed by atoms with Gasteiger partial charge in [0, 0.05) is 0 Å². The Morgan fingerprint density at radius 2 is 2.06 bits per heavy atom. The monoisotopic (exact) mass is 247 g/mol. The molecule has 0 atom stereocenters. The van der Waals surface area contributed by atoms with Gasteiger partial charge in [0.15, 0.2) is 5.69 Å². The number of hydrogen-bond acceptors (Lipinski definition) is 5. The Labute approximate surface area is 104 Å². The summed E-state index contributed by atoms with van der Waals surface area (Å²) in [6.07, 6.45) is 0.0294. The number of para-hydroxylation sites is 1. The number of esters is 1. The van der Waals surface area contributed by atoms with Crippen LogP contribution in [0.3, 0.4) is 0 Å². The predicted octanol–water partition coefficient (Wildman–Crippen LogP) is 2.95. The summed E-state index contributed by atoms with van der Waals surface area (Å²) in [7, 11) is 0. The van der Waals surface area contributed by atoms with Crippen LogP contribution in [0.25, 0.3) is 0 Å². The summed E-state index contributed by atoms with van der Waals surface area (Å²) in [5, 5.41) is 0. The zero-order valence-electron chi connectivity index (χ0n) is 10.2. The summed E-state index contributed by atoms with van der Waals surface area (Å²) in [5.41, 5.74) is 0.141. The molecule has 1 aromatic carbocycles. The number of nitrogens with zero attached hydrogens (tertiary/aromatic N) is 1. The number of aryl methyl sites for hydroxylation is 1. The highest BCUT2D eigenvalue weighted by atomic mass is 16.6. The number of ether oxygens (including phenoxy) is 2. The highest BCUT2D eigenvalue weighted by Gasteiger charge is 2.19. The molecule has 2 aromatic rings. The molecule has 0 saturated carbocycles. The van der Waals surface area contributed by atoms with E-state index in [1.807, 2.05) is 18.2 Å². The molecule has 18 heavy (non-hydrogen) atoms. The van der Waals surface area contributed by atoms with Gasteiger partial charge in [-0.3, -0.25) is 0 Å². The molecule has 0 saturated heterocycles. The average molecular weight is 247 g/mol. The number of benzene rings is 1. The molecule has 0 unspecified atom stereocenters. The summed E-state index contributed by atoms with van der Waals surface area (Å²) in [6.45, 7) is 3.66. The molecule has 0 aliphatic rings. The molecule has 5 nitrogen and oxygen atoms in total. The Balaban J connectivity index is 2.16. The second-order valence-corrected chi connectivity index (χ2v) is 3.52. The Kier molecular flexibility index (Phi) is 3.62. The van der Waals surface area contributed by atoms with Crippen molar-refractivity contribution in [1.82, 2.24) is 4.98 Å². The maximum absolute atomic E-state index is 11.5. The van der Waals surface area contributed by atoms with E-state index in [-0.39, 0.29) is 11.8 Å². The molecule has 94 valence electrons. The van der Waals surface area contributed by atoms with Crippen molar-refractivity contribution in [1.29, 1.82) is 0 Å². The minimum atomic E-state index is -0.512. The molecule has 1 heterocycles. The van der Waals surface area contributed by atoms with Gasteiger partial charge in [0.1, 0.15) is 11.5 Å². The van der Waals surface area contributed by atoms with Crippen LogP contribution in [0.4, 0.5) is 0 Å². The molecule has 5 heteroatoms. The lowest BCUT2D eigenvalue weighted by Gasteiger charge is -1.98. The van der Waals surface area contributed by atoms with E-state index >= 15 is 0 Å². The summed E-state index contributed by atoms with van der Waals surface area (Å²) in [5.74, 6) is 0.454. The lowest BCUT2D eigenvalue weighted by molar-refractivity contribution is 0.0518. The Morgan fingerprint density at radius 3 is 2.72 bits per heavy atom. The van der Waals surface area contributed by atoms with Crippen LogP contribution in [-0.2, 0) is 4.74 Å². The van der Waals surface area contributed by atoms with E-state index in [2.05, 4.69) is 4.98 Å². The first-order valence-corrected chi connectivity index (χ1v) is 5.58. The van der Waals surface area contributed by atoms with Crippen LogP contribution in [-0.4, -0.2) is 17.6 Å². The zero-order chi connectivity index (χ0) is 13.0. The van der Waals surface area contributed by atoms with Crippen LogP contribution in [0.1, 0.15) is 23.2 Å². The van der Waals surface area contributed by atoms with E-state index < -0.39 is 5.97 Å². The maximum Gasteiger partial charge on any atom is 0.400 e. The number of oxazole rings is 1. The second kappa shape index (κ2) is 5.35. The fourth-order valence-corrected chi connectivity index (χ4v) is 1.39. The zero-order valence-corrected chi connectivity index (χ0v) is 10.2. The van der Waals surface area contributed by atoms with Gasteiger partial charge in [-0.25, -0.2) is 4.79 Å². The first-order valence-electron chi connectivity index (χ1n) is 5.58. The van der Waals surface area contributed by atoms with Gasteiger partial charge in [-0.1, -0.05) is 18.2 Å². The van der Waals surface area contributed by atoms with Crippen LogP contribution < -0.4 is 4.74 Å². The molecule has 0 fully saturated rings. The average Bonchev–Trinajstić information content (AvgIpc) is 2.72. The minimum Gasteiger partial charge on any atom is -0.461 e. The second-order valence-electron chi connectivity index (χ2n) is 3.52. The molecule has 1 aromatic heterocycles. The number of aromatic nitrogens is 1. The van der Waals surface area contributed by atoms with Crippen molar-refractivity contribution in [3.63, 3.8) is 0 Å². The van der Waals surface area contributed by atoms with Crippen molar-refractivity contribution in [2.75, 3.05) is 6.61 Å². The number of hydrogen-bond donors (Lipinski definition) is 0. The van der Waals surface area contributed by atoms with Crippen molar-refractivity contribution >= 4 is 5.97 Å². The largest absolute Gasteiger partial charge is 0.461 e. The van der Waals surface area contributed by atoms with E-state index in [0.717, 1.165) is 0 Å². The van der Waals surface area contributed by atoms with E-state index in [1.165, 1.54) is 0 Å². The number of carbonyl (C=O) groups is 1. The third-order valence-electron chi connectivity index (χ3n) is 2.19. The van der Waals surface area contributed by atoms with Crippen LogP contribution in [0, 0.1) is 6.92 Å². The lowest BCUT2D eigenvalue weighted by Crippen LogP contribution is -2.06. The molecule has 0 bridgehead atoms. The normalized spacial score (nSPS) is 10.1. The topological polar surface area (TPSA) is 61.6 Å². The molecule has 0 amide bonds. The molecule has 0 aliphatic heterocycles. The number of rotatable bonds is 4. The van der Waals surface area contributed by atoms with Gasteiger partial charge in [-0.2, -0.15) is 4.98 Å². The lowest BCUT2D eigenvalue weighted by atomic mass is 10.3. The van der Waals surface area contributed by atoms with Crippen molar-refractivity contribution in [3.8, 4) is 11.8 Å². The van der Waals surface area contributed by atoms with Crippen molar-refractivity contribution < 1.29 is 18.7 Å². The molecular formula is C13H13NO4. The highest BCUT2D eigenvalue weighted by molar-refractivity contribution is 5.88. The van der Waals surface area contributed by atoms with Crippen LogP contribution in [0.2, 0.25) is 0 Å². The van der Waals surface area contributed by atoms with Gasteiger partial charge in [0.05, 0.1) is 6.61 Å². The Bertz CT molecular complexity index is 533. The van der Waals surface area contributed by atoms with Crippen LogP contribution >= 0.6 is 0 Å². The SMILES string of the molecule is CCOC(=O)c1nc(Oc2ccccc2)oc1C. The molecule has 0 radical (unpaired) electrons. The van der Waals surface area contributed by atoms with E-state index in [9.17, 15) is 4.79 Å². The maximum atomic E-state index is 11.5. The molecular weight excluding hydrogens is 234 g/mol. The summed E-state index contributed by atoms with van der Waals surface area (Å²) >= 11 is 0. The standard InChI is InChI=1S/C13H13NO4/c1-3-16-12(15)11-9(2)17-13(14-11)18-10-7-5-4-6-8-10/h4-8H,3H2,1-2H3. The molecule has 0 N–H and O–H groups in total. The fraction of sp³-hybridized carbons (Fsp3) is 0.231. The quantitative estimate of drug-likeness (QED) is 0.777. The summed E-state index contributed by atoms with van der Waals surface area (Å²) in [4.78, 5) is 15.5. The van der Waals surface area contributed by atoms with Gasteiger partial charge in [0.25, 0.3) is 0 Å². The summed E-state index contributed by atoms with van der Waals surface area (Å²) in [6, 6.07) is 9.07. The first kappa shape index (κ1) is 12.2. The van der Waals surface area contributed by atoms with Crippen LogP contribution in [0.15, 0.2) is 34.7 Å². The van der Waals surface area contributed by atoms with Crippen molar-refractivity contribution in [3.05, 3.63) is 41.8 Å². The molecule has 2 rings (SSSR count). The van der Waals surface area contributed by atoms with E-state index in [1.54, 1.807) is 26.0 Å². The Hall–Kier alpha value is -2.30. The van der Waals surface area contributed by atoms with Crippen molar-refractivity contribution in [2.24, 2.45) is 0 Å².